The first-order chi connectivity index (χ1) is 7.58. The lowest BCUT2D eigenvalue weighted by molar-refractivity contribution is 0.0780. The van der Waals surface area contributed by atoms with Crippen LogP contribution in [0.1, 0.15) is 24.2 Å². The van der Waals surface area contributed by atoms with E-state index in [1.54, 1.807) is 0 Å². The van der Waals surface area contributed by atoms with Crippen molar-refractivity contribution in [3.63, 3.8) is 0 Å². The van der Waals surface area contributed by atoms with Crippen molar-refractivity contribution in [2.75, 3.05) is 13.1 Å². The molecule has 0 saturated carbocycles. The Labute approximate surface area is 104 Å². The predicted molar refractivity (Wildman–Crippen MR) is 66.2 cm³/mol. The minimum absolute atomic E-state index is 0.104. The van der Waals surface area contributed by atoms with Gasteiger partial charge in [-0.25, -0.2) is 0 Å². The van der Waals surface area contributed by atoms with Gasteiger partial charge in [0, 0.05) is 26.7 Å². The van der Waals surface area contributed by atoms with E-state index >= 15 is 0 Å². The molecule has 2 rings (SSSR count). The maximum atomic E-state index is 9.45. The number of aryl methyl sites for hydroxylation is 2. The monoisotopic (exact) mass is 287 g/mol. The third kappa shape index (κ3) is 2.47. The van der Waals surface area contributed by atoms with Crippen molar-refractivity contribution in [3.05, 3.63) is 15.9 Å². The predicted octanol–water partition coefficient (Wildman–Crippen LogP) is 1.45. The summed E-state index contributed by atoms with van der Waals surface area (Å²) < 4.78 is 3.05. The average molecular weight is 288 g/mol. The van der Waals surface area contributed by atoms with Gasteiger partial charge in [0.1, 0.15) is 0 Å². The number of aliphatic hydroxyl groups excluding tert-OH is 1. The molecule has 16 heavy (non-hydrogen) atoms. The highest BCUT2D eigenvalue weighted by Gasteiger charge is 2.20. The van der Waals surface area contributed by atoms with Crippen LogP contribution in [0.5, 0.6) is 0 Å². The lowest BCUT2D eigenvalue weighted by Crippen LogP contribution is -2.35. The molecule has 0 aliphatic carbocycles. The molecule has 1 aliphatic heterocycles. The van der Waals surface area contributed by atoms with E-state index in [0.29, 0.717) is 0 Å². The van der Waals surface area contributed by atoms with Crippen LogP contribution in [0.15, 0.2) is 4.47 Å². The summed E-state index contributed by atoms with van der Waals surface area (Å²) in [7, 11) is 1.98. The third-order valence-corrected chi connectivity index (χ3v) is 4.22. The molecule has 0 spiro atoms. The number of nitrogens with zero attached hydrogens (tertiary/aromatic N) is 3. The average Bonchev–Trinajstić information content (AvgIpc) is 2.48. The van der Waals surface area contributed by atoms with Gasteiger partial charge in [-0.05, 0) is 35.7 Å². The second-order valence-corrected chi connectivity index (χ2v) is 5.27. The smallest absolute Gasteiger partial charge is 0.0739 e. The van der Waals surface area contributed by atoms with E-state index in [4.69, 9.17) is 0 Å². The fourth-order valence-electron chi connectivity index (χ4n) is 2.14. The van der Waals surface area contributed by atoms with Crippen LogP contribution in [-0.4, -0.2) is 39.0 Å². The molecule has 0 radical (unpaired) electrons. The van der Waals surface area contributed by atoms with E-state index in [1.807, 2.05) is 18.7 Å². The number of hydrogen-bond donors (Lipinski definition) is 1. The van der Waals surface area contributed by atoms with E-state index < -0.39 is 0 Å². The molecular weight excluding hydrogens is 270 g/mol. The van der Waals surface area contributed by atoms with Crippen LogP contribution in [0.4, 0.5) is 0 Å². The molecule has 1 aromatic rings. The SMILES string of the molecule is Cc1nn(C)c(CN2CCC(O)CC2)c1Br. The van der Waals surface area contributed by atoms with Crippen LogP contribution in [0.25, 0.3) is 0 Å². The molecule has 0 amide bonds. The molecular formula is C11H18BrN3O. The van der Waals surface area contributed by atoms with Gasteiger partial charge in [0.25, 0.3) is 0 Å². The Bertz CT molecular complexity index is 370. The molecule has 1 aromatic heterocycles. The van der Waals surface area contributed by atoms with Crippen molar-refractivity contribution in [2.24, 2.45) is 7.05 Å². The molecule has 1 N–H and O–H groups in total. The summed E-state index contributed by atoms with van der Waals surface area (Å²) in [5.41, 5.74) is 2.25. The van der Waals surface area contributed by atoms with Crippen LogP contribution in [-0.2, 0) is 13.6 Å². The first-order valence-corrected chi connectivity index (χ1v) is 6.45. The number of likely N-dealkylation sites (tertiary alicyclic amines) is 1. The molecule has 1 aliphatic rings. The number of piperidine rings is 1. The highest BCUT2D eigenvalue weighted by Crippen LogP contribution is 2.23. The summed E-state index contributed by atoms with van der Waals surface area (Å²) in [5.74, 6) is 0. The zero-order valence-corrected chi connectivity index (χ0v) is 11.4. The number of aliphatic hydroxyl groups is 1. The summed E-state index contributed by atoms with van der Waals surface area (Å²) in [6.45, 7) is 4.86. The summed E-state index contributed by atoms with van der Waals surface area (Å²) in [5, 5.41) is 13.8. The van der Waals surface area contributed by atoms with Crippen LogP contribution in [0.2, 0.25) is 0 Å². The molecule has 1 fully saturated rings. The Morgan fingerprint density at radius 1 is 1.44 bits per heavy atom. The van der Waals surface area contributed by atoms with Gasteiger partial charge in [-0.1, -0.05) is 0 Å². The Morgan fingerprint density at radius 2 is 2.06 bits per heavy atom. The maximum Gasteiger partial charge on any atom is 0.0739 e. The van der Waals surface area contributed by atoms with Crippen molar-refractivity contribution in [1.82, 2.24) is 14.7 Å². The van der Waals surface area contributed by atoms with Gasteiger partial charge in [-0.3, -0.25) is 9.58 Å². The van der Waals surface area contributed by atoms with Gasteiger partial charge >= 0.3 is 0 Å². The quantitative estimate of drug-likeness (QED) is 0.895. The van der Waals surface area contributed by atoms with Crippen LogP contribution >= 0.6 is 15.9 Å². The fraction of sp³-hybridized carbons (Fsp3) is 0.727. The lowest BCUT2D eigenvalue weighted by atomic mass is 10.1. The molecule has 4 nitrogen and oxygen atoms in total. The molecule has 90 valence electrons. The highest BCUT2D eigenvalue weighted by molar-refractivity contribution is 9.10. The number of halogens is 1. The largest absolute Gasteiger partial charge is 0.393 e. The van der Waals surface area contributed by atoms with E-state index in [1.165, 1.54) is 5.69 Å². The molecule has 0 bridgehead atoms. The summed E-state index contributed by atoms with van der Waals surface area (Å²) in [6.07, 6.45) is 1.66. The summed E-state index contributed by atoms with van der Waals surface area (Å²) in [4.78, 5) is 2.37. The minimum Gasteiger partial charge on any atom is -0.393 e. The van der Waals surface area contributed by atoms with Gasteiger partial charge in [-0.15, -0.1) is 0 Å². The third-order valence-electron chi connectivity index (χ3n) is 3.19. The van der Waals surface area contributed by atoms with Gasteiger partial charge in [0.05, 0.1) is 22.0 Å². The van der Waals surface area contributed by atoms with Gasteiger partial charge in [-0.2, -0.15) is 5.10 Å². The van der Waals surface area contributed by atoms with E-state index in [9.17, 15) is 5.11 Å². The molecule has 0 atom stereocenters. The summed E-state index contributed by atoms with van der Waals surface area (Å²) in [6, 6.07) is 0. The standard InChI is InChI=1S/C11H18BrN3O/c1-8-11(12)10(14(2)13-8)7-15-5-3-9(16)4-6-15/h9,16H,3-7H2,1-2H3. The summed E-state index contributed by atoms with van der Waals surface area (Å²) >= 11 is 3.58. The number of hydrogen-bond acceptors (Lipinski definition) is 3. The molecule has 0 unspecified atom stereocenters. The van der Waals surface area contributed by atoms with Crippen LogP contribution in [0.3, 0.4) is 0 Å². The second kappa shape index (κ2) is 4.85. The topological polar surface area (TPSA) is 41.3 Å². The van der Waals surface area contributed by atoms with Gasteiger partial charge in [0.15, 0.2) is 0 Å². The van der Waals surface area contributed by atoms with Gasteiger partial charge < -0.3 is 5.11 Å². The second-order valence-electron chi connectivity index (χ2n) is 4.48. The Balaban J connectivity index is 2.03. The van der Waals surface area contributed by atoms with E-state index in [0.717, 1.165) is 42.6 Å². The first-order valence-electron chi connectivity index (χ1n) is 5.66. The molecule has 5 heteroatoms. The number of aromatic nitrogens is 2. The van der Waals surface area contributed by atoms with Crippen LogP contribution < -0.4 is 0 Å². The van der Waals surface area contributed by atoms with Crippen molar-refractivity contribution >= 4 is 15.9 Å². The first kappa shape index (κ1) is 12.1. The zero-order valence-electron chi connectivity index (χ0n) is 9.78. The minimum atomic E-state index is -0.104. The van der Waals surface area contributed by atoms with Crippen molar-refractivity contribution in [1.29, 1.82) is 0 Å². The number of rotatable bonds is 2. The molecule has 0 aromatic carbocycles. The Hall–Kier alpha value is -0.390. The zero-order chi connectivity index (χ0) is 11.7. The van der Waals surface area contributed by atoms with Crippen molar-refractivity contribution < 1.29 is 5.11 Å². The fourth-order valence-corrected chi connectivity index (χ4v) is 2.60. The highest BCUT2D eigenvalue weighted by atomic mass is 79.9. The Morgan fingerprint density at radius 3 is 2.56 bits per heavy atom. The molecule has 1 saturated heterocycles. The maximum absolute atomic E-state index is 9.45. The molecule has 2 heterocycles. The van der Waals surface area contributed by atoms with E-state index in [-0.39, 0.29) is 6.10 Å². The Kier molecular flexibility index (Phi) is 3.66. The normalized spacial score (nSPS) is 19.2. The van der Waals surface area contributed by atoms with Crippen molar-refractivity contribution in [3.8, 4) is 0 Å². The lowest BCUT2D eigenvalue weighted by Gasteiger charge is -2.29. The van der Waals surface area contributed by atoms with E-state index in [2.05, 4.69) is 25.9 Å². The van der Waals surface area contributed by atoms with Crippen molar-refractivity contribution in [2.45, 2.75) is 32.4 Å². The van der Waals surface area contributed by atoms with Gasteiger partial charge in [0.2, 0.25) is 0 Å². The van der Waals surface area contributed by atoms with Crippen LogP contribution in [0, 0.1) is 6.92 Å².